The highest BCUT2D eigenvalue weighted by atomic mass is 16.7. The van der Waals surface area contributed by atoms with E-state index in [1.54, 1.807) is 0 Å². The van der Waals surface area contributed by atoms with Crippen molar-refractivity contribution in [2.75, 3.05) is 4.90 Å². The first kappa shape index (κ1) is 16.4. The highest BCUT2D eigenvalue weighted by Gasteiger charge is 2.52. The lowest BCUT2D eigenvalue weighted by molar-refractivity contribution is 0.00578. The average Bonchev–Trinajstić information content (AvgIpc) is 2.89. The van der Waals surface area contributed by atoms with Crippen LogP contribution >= 0.6 is 0 Å². The third-order valence-electron chi connectivity index (χ3n) is 6.27. The van der Waals surface area contributed by atoms with Gasteiger partial charge in [-0.15, -0.1) is 0 Å². The molecule has 24 heavy (non-hydrogen) atoms. The van der Waals surface area contributed by atoms with Crippen LogP contribution < -0.4 is 10.4 Å². The van der Waals surface area contributed by atoms with Crippen LogP contribution in [0.2, 0.25) is 0 Å². The topological polar surface area (TPSA) is 54.8 Å². The fraction of sp³-hybridized carbons (Fsp3) is 0.722. The summed E-state index contributed by atoms with van der Waals surface area (Å²) >= 11 is 0. The normalized spacial score (nSPS) is 34.0. The van der Waals surface area contributed by atoms with Crippen LogP contribution in [0.15, 0.2) is 18.3 Å². The van der Waals surface area contributed by atoms with E-state index in [-0.39, 0.29) is 24.4 Å². The first-order chi connectivity index (χ1) is 11.3. The van der Waals surface area contributed by atoms with Crippen molar-refractivity contribution in [1.82, 2.24) is 4.98 Å². The van der Waals surface area contributed by atoms with Crippen molar-refractivity contribution in [3.63, 3.8) is 0 Å². The highest BCUT2D eigenvalue weighted by molar-refractivity contribution is 6.62. The Kier molecular flexibility index (Phi) is 3.71. The molecule has 130 valence electrons. The van der Waals surface area contributed by atoms with Crippen LogP contribution in [0.25, 0.3) is 0 Å². The molecule has 0 radical (unpaired) electrons. The van der Waals surface area contributed by atoms with E-state index < -0.39 is 0 Å². The molecular formula is C18H27BN2O3. The number of rotatable bonds is 2. The maximum Gasteiger partial charge on any atom is 0.496 e. The van der Waals surface area contributed by atoms with Crippen molar-refractivity contribution in [1.29, 1.82) is 0 Å². The number of nitrogens with zero attached hydrogens (tertiary/aromatic N) is 2. The average molecular weight is 330 g/mol. The molecule has 0 amide bonds. The Hall–Kier alpha value is -1.11. The third kappa shape index (κ3) is 2.55. The summed E-state index contributed by atoms with van der Waals surface area (Å²) in [5.41, 5.74) is 0.290. The maximum atomic E-state index is 9.96. The van der Waals surface area contributed by atoms with Gasteiger partial charge >= 0.3 is 7.12 Å². The number of hydrogen-bond donors (Lipinski definition) is 1. The molecular weight excluding hydrogens is 303 g/mol. The number of pyridine rings is 1. The third-order valence-corrected chi connectivity index (χ3v) is 6.27. The summed E-state index contributed by atoms with van der Waals surface area (Å²) in [6.07, 6.45) is 5.75. The summed E-state index contributed by atoms with van der Waals surface area (Å²) in [5.74, 6) is 1.01. The molecule has 1 aromatic heterocycles. The first-order valence-electron chi connectivity index (χ1n) is 9.05. The summed E-state index contributed by atoms with van der Waals surface area (Å²) in [7, 11) is -0.364. The van der Waals surface area contributed by atoms with Gasteiger partial charge in [0.05, 0.1) is 17.3 Å². The fourth-order valence-corrected chi connectivity index (χ4v) is 4.19. The molecule has 2 bridgehead atoms. The summed E-state index contributed by atoms with van der Waals surface area (Å²) in [6, 6.07) is 4.99. The van der Waals surface area contributed by atoms with E-state index in [0.29, 0.717) is 12.1 Å². The molecule has 5 nitrogen and oxygen atoms in total. The van der Waals surface area contributed by atoms with Gasteiger partial charge in [-0.2, -0.15) is 0 Å². The molecule has 6 heteroatoms. The molecule has 1 unspecified atom stereocenters. The Morgan fingerprint density at radius 2 is 1.67 bits per heavy atom. The molecule has 3 aliphatic heterocycles. The molecule has 4 rings (SSSR count). The summed E-state index contributed by atoms with van der Waals surface area (Å²) in [5, 5.41) is 9.96. The lowest BCUT2D eigenvalue weighted by Crippen LogP contribution is -2.45. The van der Waals surface area contributed by atoms with E-state index in [4.69, 9.17) is 14.3 Å². The van der Waals surface area contributed by atoms with Crippen molar-refractivity contribution >= 4 is 18.4 Å². The van der Waals surface area contributed by atoms with Crippen LogP contribution in [-0.4, -0.2) is 46.6 Å². The van der Waals surface area contributed by atoms with Crippen molar-refractivity contribution < 1.29 is 14.4 Å². The molecule has 1 N–H and O–H groups in total. The van der Waals surface area contributed by atoms with Crippen LogP contribution in [0.4, 0.5) is 5.82 Å². The predicted octanol–water partition coefficient (Wildman–Crippen LogP) is 1.87. The zero-order valence-corrected chi connectivity index (χ0v) is 15.0. The molecule has 1 aromatic rings. The maximum absolute atomic E-state index is 9.96. The summed E-state index contributed by atoms with van der Waals surface area (Å²) in [4.78, 5) is 7.10. The van der Waals surface area contributed by atoms with Gasteiger partial charge in [0.2, 0.25) is 0 Å². The molecule has 4 heterocycles. The van der Waals surface area contributed by atoms with E-state index in [9.17, 15) is 5.11 Å². The molecule has 3 atom stereocenters. The number of hydrogen-bond acceptors (Lipinski definition) is 5. The molecule has 3 aliphatic rings. The lowest BCUT2D eigenvalue weighted by atomic mass is 9.80. The highest BCUT2D eigenvalue weighted by Crippen LogP contribution is 2.39. The van der Waals surface area contributed by atoms with Crippen LogP contribution in [0.1, 0.15) is 53.4 Å². The minimum atomic E-state index is -0.364. The van der Waals surface area contributed by atoms with Crippen LogP contribution in [-0.2, 0) is 9.31 Å². The zero-order chi connectivity index (χ0) is 17.1. The molecule has 3 fully saturated rings. The van der Waals surface area contributed by atoms with Gasteiger partial charge in [0.25, 0.3) is 0 Å². The monoisotopic (exact) mass is 330 g/mol. The van der Waals surface area contributed by atoms with Gasteiger partial charge in [-0.05, 0) is 59.4 Å². The van der Waals surface area contributed by atoms with E-state index in [1.807, 2.05) is 6.20 Å². The van der Waals surface area contributed by atoms with Gasteiger partial charge in [-0.25, -0.2) is 4.98 Å². The van der Waals surface area contributed by atoms with Crippen molar-refractivity contribution in [3.8, 4) is 0 Å². The Bertz CT molecular complexity index is 589. The van der Waals surface area contributed by atoms with E-state index in [2.05, 4.69) is 44.7 Å². The van der Waals surface area contributed by atoms with Gasteiger partial charge in [0, 0.05) is 23.7 Å². The summed E-state index contributed by atoms with van der Waals surface area (Å²) in [6.45, 7) is 8.24. The quantitative estimate of drug-likeness (QED) is 0.839. The van der Waals surface area contributed by atoms with Crippen LogP contribution in [0, 0.1) is 0 Å². The Morgan fingerprint density at radius 1 is 1.08 bits per heavy atom. The number of fused-ring (bicyclic) bond motifs is 2. The largest absolute Gasteiger partial charge is 0.496 e. The smallest absolute Gasteiger partial charge is 0.399 e. The van der Waals surface area contributed by atoms with E-state index in [1.165, 1.54) is 0 Å². The molecule has 0 aliphatic carbocycles. The van der Waals surface area contributed by atoms with Gasteiger partial charge in [-0.3, -0.25) is 0 Å². The molecule has 0 spiro atoms. The summed E-state index contributed by atoms with van der Waals surface area (Å²) < 4.78 is 12.2. The minimum absolute atomic E-state index is 0.150. The van der Waals surface area contributed by atoms with Crippen molar-refractivity contribution in [2.45, 2.75) is 82.8 Å². The number of aliphatic hydroxyl groups is 1. The van der Waals surface area contributed by atoms with Gasteiger partial charge in [0.1, 0.15) is 5.82 Å². The Morgan fingerprint density at radius 3 is 2.17 bits per heavy atom. The van der Waals surface area contributed by atoms with E-state index in [0.717, 1.165) is 37.0 Å². The molecule has 0 saturated carbocycles. The Labute approximate surface area is 144 Å². The second-order valence-corrected chi connectivity index (χ2v) is 8.46. The predicted molar refractivity (Wildman–Crippen MR) is 94.5 cm³/mol. The van der Waals surface area contributed by atoms with Crippen LogP contribution in [0.3, 0.4) is 0 Å². The van der Waals surface area contributed by atoms with Gasteiger partial charge < -0.3 is 19.3 Å². The fourth-order valence-electron chi connectivity index (χ4n) is 4.19. The SMILES string of the molecule is CC1(C)OB(c2ccc(N3C4CC[C@H]3C[C@@H](O)C4)nc2)OC1(C)C. The standard InChI is InChI=1S/C18H27BN2O3/c1-17(2)18(3,4)24-19(23-17)12-5-8-16(20-11-12)21-13-6-7-14(21)10-15(22)9-13/h5,8,11,13-15,22H,6-7,9-10H2,1-4H3/t13-,14?,15+/m0/s1. The Balaban J connectivity index is 1.52. The van der Waals surface area contributed by atoms with Gasteiger partial charge in [0.15, 0.2) is 0 Å². The number of aromatic nitrogens is 1. The van der Waals surface area contributed by atoms with E-state index >= 15 is 0 Å². The minimum Gasteiger partial charge on any atom is -0.399 e. The van der Waals surface area contributed by atoms with Crippen molar-refractivity contribution in [2.24, 2.45) is 0 Å². The number of piperidine rings is 1. The van der Waals surface area contributed by atoms with Crippen molar-refractivity contribution in [3.05, 3.63) is 18.3 Å². The lowest BCUT2D eigenvalue weighted by Gasteiger charge is -2.38. The number of anilines is 1. The molecule has 0 aromatic carbocycles. The zero-order valence-electron chi connectivity index (χ0n) is 15.0. The van der Waals surface area contributed by atoms with Crippen LogP contribution in [0.5, 0.6) is 0 Å². The second kappa shape index (κ2) is 5.45. The number of aliphatic hydroxyl groups excluding tert-OH is 1. The molecule has 3 saturated heterocycles. The van der Waals surface area contributed by atoms with Gasteiger partial charge in [-0.1, -0.05) is 6.07 Å². The second-order valence-electron chi connectivity index (χ2n) is 8.46. The first-order valence-corrected chi connectivity index (χ1v) is 9.05.